The summed E-state index contributed by atoms with van der Waals surface area (Å²) in [6.45, 7) is 2.87. The first-order chi connectivity index (χ1) is 12.2. The first kappa shape index (κ1) is 15.6. The molecule has 1 saturated heterocycles. The zero-order valence-electron chi connectivity index (χ0n) is 13.7. The lowest BCUT2D eigenvalue weighted by Crippen LogP contribution is -3.09. The highest BCUT2D eigenvalue weighted by Gasteiger charge is 2.22. The maximum absolute atomic E-state index is 12.0. The van der Waals surface area contributed by atoms with Gasteiger partial charge in [0.25, 0.3) is 0 Å². The maximum Gasteiger partial charge on any atom is 0.331 e. The number of hydrogen-bond donors (Lipinski definition) is 2. The molecule has 0 radical (unpaired) electrons. The van der Waals surface area contributed by atoms with Crippen molar-refractivity contribution in [1.29, 1.82) is 0 Å². The third kappa shape index (κ3) is 2.94. The second-order valence-electron chi connectivity index (χ2n) is 6.22. The van der Waals surface area contributed by atoms with E-state index >= 15 is 0 Å². The number of quaternary nitrogens is 1. The summed E-state index contributed by atoms with van der Waals surface area (Å²) in [5, 5.41) is 19.2. The summed E-state index contributed by atoms with van der Waals surface area (Å²) < 4.78 is 6.87. The normalized spacial score (nSPS) is 15.5. The van der Waals surface area contributed by atoms with Crippen molar-refractivity contribution in [2.75, 3.05) is 13.1 Å². The molecule has 3 heterocycles. The van der Waals surface area contributed by atoms with Gasteiger partial charge in [-0.3, -0.25) is 9.36 Å². The van der Waals surface area contributed by atoms with Crippen molar-refractivity contribution in [1.82, 2.24) is 4.57 Å². The van der Waals surface area contributed by atoms with E-state index in [0.29, 0.717) is 12.4 Å². The Bertz CT molecular complexity index is 921. The van der Waals surface area contributed by atoms with E-state index in [4.69, 9.17) is 4.42 Å². The van der Waals surface area contributed by atoms with Crippen LogP contribution in [0.2, 0.25) is 0 Å². The number of amides is 1. The number of likely N-dealkylation sites (tertiary alicyclic amines) is 1. The zero-order valence-corrected chi connectivity index (χ0v) is 13.7. The average molecular weight is 339 g/mol. The van der Waals surface area contributed by atoms with E-state index in [1.165, 1.54) is 30.1 Å². The third-order valence-electron chi connectivity index (χ3n) is 4.58. The fourth-order valence-electron chi connectivity index (χ4n) is 3.33. The predicted octanol–water partition coefficient (Wildman–Crippen LogP) is 2.50. The Morgan fingerprint density at radius 2 is 2.00 bits per heavy atom. The van der Waals surface area contributed by atoms with Crippen molar-refractivity contribution < 1.29 is 19.2 Å². The van der Waals surface area contributed by atoms with Gasteiger partial charge in [0.2, 0.25) is 5.88 Å². The van der Waals surface area contributed by atoms with E-state index in [9.17, 15) is 9.90 Å². The minimum Gasteiger partial charge on any atom is -0.493 e. The number of benzene rings is 1. The SMILES string of the molecule is O=C(N=Nc1c(O)n(C[NH+]2CCCC2)c2ccccc12)c1ccco1. The second kappa shape index (κ2) is 6.52. The van der Waals surface area contributed by atoms with Crippen molar-refractivity contribution in [3.05, 3.63) is 48.4 Å². The van der Waals surface area contributed by atoms with E-state index in [2.05, 4.69) is 10.2 Å². The van der Waals surface area contributed by atoms with E-state index < -0.39 is 5.91 Å². The van der Waals surface area contributed by atoms with E-state index in [1.807, 2.05) is 28.8 Å². The van der Waals surface area contributed by atoms with Crippen LogP contribution >= 0.6 is 0 Å². The number of fused-ring (bicyclic) bond motifs is 1. The summed E-state index contributed by atoms with van der Waals surface area (Å²) in [5.41, 5.74) is 1.20. The van der Waals surface area contributed by atoms with Gasteiger partial charge in [-0.05, 0) is 18.2 Å². The summed E-state index contributed by atoms with van der Waals surface area (Å²) in [7, 11) is 0. The molecule has 1 aromatic carbocycles. The molecule has 3 aromatic rings. The van der Waals surface area contributed by atoms with Crippen LogP contribution in [0.5, 0.6) is 5.88 Å². The molecule has 25 heavy (non-hydrogen) atoms. The van der Waals surface area contributed by atoms with Gasteiger partial charge in [-0.25, -0.2) is 0 Å². The van der Waals surface area contributed by atoms with Crippen LogP contribution in [0.15, 0.2) is 57.3 Å². The Balaban J connectivity index is 1.70. The summed E-state index contributed by atoms with van der Waals surface area (Å²) >= 11 is 0. The quantitative estimate of drug-likeness (QED) is 0.716. The molecule has 4 rings (SSSR count). The van der Waals surface area contributed by atoms with Gasteiger partial charge in [0, 0.05) is 18.2 Å². The molecular formula is C18H19N4O3+. The molecule has 2 aromatic heterocycles. The summed E-state index contributed by atoms with van der Waals surface area (Å²) in [5.74, 6) is -0.420. The Morgan fingerprint density at radius 3 is 2.76 bits per heavy atom. The highest BCUT2D eigenvalue weighted by atomic mass is 16.3. The van der Waals surface area contributed by atoms with Crippen LogP contribution in [0.4, 0.5) is 5.69 Å². The minimum absolute atomic E-state index is 0.0385. The van der Waals surface area contributed by atoms with Gasteiger partial charge in [-0.15, -0.1) is 10.2 Å². The number of nitrogens with one attached hydrogen (secondary N) is 1. The lowest BCUT2D eigenvalue weighted by Gasteiger charge is -2.14. The number of carbonyl (C=O) groups excluding carboxylic acids is 1. The van der Waals surface area contributed by atoms with Crippen molar-refractivity contribution in [2.45, 2.75) is 19.5 Å². The average Bonchev–Trinajstić information content (AvgIpc) is 3.37. The summed E-state index contributed by atoms with van der Waals surface area (Å²) in [6, 6.07) is 10.8. The molecule has 1 amide bonds. The monoisotopic (exact) mass is 339 g/mol. The lowest BCUT2D eigenvalue weighted by molar-refractivity contribution is -0.910. The van der Waals surface area contributed by atoms with Gasteiger partial charge in [0.15, 0.2) is 18.1 Å². The van der Waals surface area contributed by atoms with Crippen LogP contribution in [0, 0.1) is 0 Å². The Kier molecular flexibility index (Phi) is 4.07. The molecule has 1 aliphatic heterocycles. The van der Waals surface area contributed by atoms with Gasteiger partial charge in [0.1, 0.15) is 0 Å². The summed E-state index contributed by atoms with van der Waals surface area (Å²) in [4.78, 5) is 13.4. The fraction of sp³-hybridized carbons (Fsp3) is 0.278. The molecular weight excluding hydrogens is 320 g/mol. The largest absolute Gasteiger partial charge is 0.493 e. The molecule has 0 atom stereocenters. The number of carbonyl (C=O) groups is 1. The maximum atomic E-state index is 12.0. The molecule has 7 nitrogen and oxygen atoms in total. The van der Waals surface area contributed by atoms with E-state index in [-0.39, 0.29) is 11.6 Å². The van der Waals surface area contributed by atoms with Gasteiger partial charge in [-0.2, -0.15) is 0 Å². The third-order valence-corrected chi connectivity index (χ3v) is 4.58. The molecule has 0 bridgehead atoms. The number of rotatable bonds is 4. The highest BCUT2D eigenvalue weighted by Crippen LogP contribution is 2.38. The first-order valence-corrected chi connectivity index (χ1v) is 8.37. The number of aromatic nitrogens is 1. The molecule has 1 aliphatic rings. The topological polar surface area (TPSA) is 84.5 Å². The standard InChI is InChI=1S/C18H18N4O3/c23-17(15-8-5-11-25-15)20-19-16-13-6-1-2-7-14(13)22(18(16)24)12-21-9-3-4-10-21/h1-2,5-8,11,24H,3-4,9-10,12H2/p+1. The van der Waals surface area contributed by atoms with Gasteiger partial charge in [-0.1, -0.05) is 18.2 Å². The summed E-state index contributed by atoms with van der Waals surface area (Å²) in [6.07, 6.45) is 3.82. The molecule has 7 heteroatoms. The lowest BCUT2D eigenvalue weighted by atomic mass is 10.2. The van der Waals surface area contributed by atoms with Gasteiger partial charge < -0.3 is 14.4 Å². The molecule has 0 unspecified atom stereocenters. The van der Waals surface area contributed by atoms with Gasteiger partial charge >= 0.3 is 5.91 Å². The highest BCUT2D eigenvalue weighted by molar-refractivity contribution is 5.96. The van der Waals surface area contributed by atoms with Crippen LogP contribution in [-0.4, -0.2) is 28.7 Å². The zero-order chi connectivity index (χ0) is 17.2. The molecule has 0 aliphatic carbocycles. The molecule has 0 saturated carbocycles. The van der Waals surface area contributed by atoms with Crippen molar-refractivity contribution >= 4 is 22.5 Å². The Labute approximate surface area is 144 Å². The van der Waals surface area contributed by atoms with E-state index in [1.54, 1.807) is 6.07 Å². The Hall–Kier alpha value is -2.93. The second-order valence-corrected chi connectivity index (χ2v) is 6.22. The van der Waals surface area contributed by atoms with Crippen LogP contribution in [0.25, 0.3) is 10.9 Å². The fourth-order valence-corrected chi connectivity index (χ4v) is 3.33. The Morgan fingerprint density at radius 1 is 1.20 bits per heavy atom. The molecule has 1 fully saturated rings. The number of azo groups is 1. The number of hydrogen-bond acceptors (Lipinski definition) is 4. The molecule has 2 N–H and O–H groups in total. The predicted molar refractivity (Wildman–Crippen MR) is 91.1 cm³/mol. The van der Waals surface area contributed by atoms with Crippen LogP contribution < -0.4 is 4.90 Å². The number of furan rings is 1. The van der Waals surface area contributed by atoms with Crippen LogP contribution in [0.3, 0.4) is 0 Å². The number of nitrogens with zero attached hydrogens (tertiary/aromatic N) is 3. The number of aromatic hydroxyl groups is 1. The van der Waals surface area contributed by atoms with Crippen molar-refractivity contribution in [3.8, 4) is 5.88 Å². The smallest absolute Gasteiger partial charge is 0.331 e. The van der Waals surface area contributed by atoms with E-state index in [0.717, 1.165) is 24.0 Å². The number of para-hydroxylation sites is 1. The minimum atomic E-state index is -0.577. The molecule has 128 valence electrons. The molecule has 0 spiro atoms. The van der Waals surface area contributed by atoms with Crippen molar-refractivity contribution in [2.24, 2.45) is 10.2 Å². The van der Waals surface area contributed by atoms with Crippen LogP contribution in [0.1, 0.15) is 23.4 Å². The van der Waals surface area contributed by atoms with Gasteiger partial charge in [0.05, 0.1) is 24.9 Å². The van der Waals surface area contributed by atoms with Crippen LogP contribution in [-0.2, 0) is 6.67 Å². The van der Waals surface area contributed by atoms with Crippen molar-refractivity contribution in [3.63, 3.8) is 0 Å². The first-order valence-electron chi connectivity index (χ1n) is 8.37.